The van der Waals surface area contributed by atoms with Gasteiger partial charge < -0.3 is 14.2 Å². The summed E-state index contributed by atoms with van der Waals surface area (Å²) in [5.41, 5.74) is 7.04. The van der Waals surface area contributed by atoms with Crippen LogP contribution in [0, 0.1) is 5.92 Å². The van der Waals surface area contributed by atoms with Crippen molar-refractivity contribution in [2.45, 2.75) is 38.6 Å². The van der Waals surface area contributed by atoms with Crippen LogP contribution in [0.5, 0.6) is 0 Å². The van der Waals surface area contributed by atoms with E-state index in [2.05, 4.69) is 47.4 Å². The van der Waals surface area contributed by atoms with Gasteiger partial charge in [-0.25, -0.2) is 9.78 Å². The molecule has 38 heavy (non-hydrogen) atoms. The molecule has 1 aromatic heterocycles. The van der Waals surface area contributed by atoms with Gasteiger partial charge in [-0.15, -0.1) is 0 Å². The van der Waals surface area contributed by atoms with Crippen LogP contribution >= 0.6 is 0 Å². The smallest absolute Gasteiger partial charge is 0.330 e. The Hall–Kier alpha value is -4.19. The minimum absolute atomic E-state index is 0.0439. The lowest BCUT2D eigenvalue weighted by Crippen LogP contribution is -2.36. The van der Waals surface area contributed by atoms with Gasteiger partial charge in [-0.05, 0) is 65.4 Å². The number of carbonyl (C=O) groups is 2. The number of hydrogen-bond acceptors (Lipinski definition) is 4. The Kier molecular flexibility index (Phi) is 7.68. The van der Waals surface area contributed by atoms with Gasteiger partial charge in [-0.1, -0.05) is 61.7 Å². The van der Waals surface area contributed by atoms with Crippen LogP contribution in [0.2, 0.25) is 0 Å². The highest BCUT2D eigenvalue weighted by atomic mass is 16.5. The van der Waals surface area contributed by atoms with Crippen LogP contribution in [-0.4, -0.2) is 28.5 Å². The first kappa shape index (κ1) is 25.5. The number of methoxy groups -OCH3 is 1. The first-order valence-electron chi connectivity index (χ1n) is 13.2. The van der Waals surface area contributed by atoms with E-state index in [4.69, 9.17) is 4.74 Å². The van der Waals surface area contributed by atoms with Crippen LogP contribution in [0.3, 0.4) is 0 Å². The highest BCUT2D eigenvalue weighted by Crippen LogP contribution is 2.30. The Morgan fingerprint density at radius 3 is 2.53 bits per heavy atom. The molecule has 4 aromatic rings. The maximum Gasteiger partial charge on any atom is 0.330 e. The Bertz CT molecular complexity index is 1460. The van der Waals surface area contributed by atoms with E-state index in [9.17, 15) is 9.59 Å². The third-order valence-corrected chi connectivity index (χ3v) is 7.37. The summed E-state index contributed by atoms with van der Waals surface area (Å²) in [6, 6.07) is 22.5. The number of aryl methyl sites for hydroxylation is 1. The number of carbonyl (C=O) groups excluding carboxylic acids is 2. The summed E-state index contributed by atoms with van der Waals surface area (Å²) in [7, 11) is 3.35. The van der Waals surface area contributed by atoms with E-state index in [0.29, 0.717) is 6.54 Å². The number of aromatic nitrogens is 2. The molecule has 1 aliphatic rings. The average molecular weight is 508 g/mol. The van der Waals surface area contributed by atoms with Crippen molar-refractivity contribution in [1.29, 1.82) is 0 Å². The molecular formula is C32H33N3O3. The number of esters is 1. The van der Waals surface area contributed by atoms with Gasteiger partial charge in [0.25, 0.3) is 0 Å². The van der Waals surface area contributed by atoms with Gasteiger partial charge in [0.05, 0.1) is 31.0 Å². The molecule has 0 spiro atoms. The number of anilines is 1. The lowest BCUT2D eigenvalue weighted by molar-refractivity contribution is -0.134. The quantitative estimate of drug-likeness (QED) is 0.210. The zero-order chi connectivity index (χ0) is 26.5. The molecule has 0 N–H and O–H groups in total. The summed E-state index contributed by atoms with van der Waals surface area (Å²) in [6.45, 7) is 0.485. The normalized spacial score (nSPS) is 14.2. The number of fused-ring (bicyclic) bond motifs is 1. The molecule has 1 saturated carbocycles. The van der Waals surface area contributed by atoms with Gasteiger partial charge in [0, 0.05) is 24.7 Å². The monoisotopic (exact) mass is 507 g/mol. The summed E-state index contributed by atoms with van der Waals surface area (Å²) in [4.78, 5) is 31.7. The van der Waals surface area contributed by atoms with Gasteiger partial charge in [0.1, 0.15) is 0 Å². The maximum atomic E-state index is 13.8. The Balaban J connectivity index is 1.41. The number of benzene rings is 3. The Morgan fingerprint density at radius 2 is 1.76 bits per heavy atom. The molecular weight excluding hydrogens is 474 g/mol. The SMILES string of the molecule is COC(=O)/C=C/c1cccc(N(Cc2ccc(-c3ccc4c(c3)ncn4C)cc2)C(=O)C2CCCCC2)c1. The van der Waals surface area contributed by atoms with Crippen molar-refractivity contribution < 1.29 is 14.3 Å². The summed E-state index contributed by atoms with van der Waals surface area (Å²) < 4.78 is 6.73. The second-order valence-corrected chi connectivity index (χ2v) is 9.97. The van der Waals surface area contributed by atoms with Gasteiger partial charge in [-0.2, -0.15) is 0 Å². The molecule has 3 aromatic carbocycles. The lowest BCUT2D eigenvalue weighted by Gasteiger charge is -2.30. The maximum absolute atomic E-state index is 13.8. The van der Waals surface area contributed by atoms with E-state index in [1.165, 1.54) is 19.6 Å². The molecule has 0 saturated heterocycles. The highest BCUT2D eigenvalue weighted by molar-refractivity contribution is 5.95. The predicted molar refractivity (Wildman–Crippen MR) is 151 cm³/mol. The van der Waals surface area contributed by atoms with Crippen LogP contribution in [0.25, 0.3) is 28.2 Å². The van der Waals surface area contributed by atoms with E-state index in [1.807, 2.05) is 47.1 Å². The number of imidazole rings is 1. The highest BCUT2D eigenvalue weighted by Gasteiger charge is 2.27. The summed E-state index contributed by atoms with van der Waals surface area (Å²) in [5, 5.41) is 0. The summed E-state index contributed by atoms with van der Waals surface area (Å²) in [6.07, 6.45) is 10.2. The molecule has 6 heteroatoms. The molecule has 0 unspecified atom stereocenters. The van der Waals surface area contributed by atoms with E-state index in [1.54, 1.807) is 6.08 Å². The summed E-state index contributed by atoms with van der Waals surface area (Å²) in [5.74, 6) is -0.196. The standard InChI is InChI=1S/C32H33N3O3/c1-34-22-33-29-20-27(16-17-30(29)34)25-14-11-24(12-15-25)21-35(32(37)26-8-4-3-5-9-26)28-10-6-7-23(19-28)13-18-31(36)38-2/h6-7,10-20,22,26H,3-5,8-9,21H2,1-2H3/b18-13+. The molecule has 0 atom stereocenters. The molecule has 1 amide bonds. The molecule has 5 rings (SSSR count). The van der Waals surface area contributed by atoms with Gasteiger partial charge in [0.2, 0.25) is 5.91 Å². The molecule has 1 heterocycles. The van der Waals surface area contributed by atoms with Crippen LogP contribution < -0.4 is 4.90 Å². The molecule has 0 radical (unpaired) electrons. The van der Waals surface area contributed by atoms with Crippen molar-refractivity contribution in [1.82, 2.24) is 9.55 Å². The first-order valence-corrected chi connectivity index (χ1v) is 13.2. The number of hydrogen-bond donors (Lipinski definition) is 0. The van der Waals surface area contributed by atoms with Gasteiger partial charge >= 0.3 is 5.97 Å². The van der Waals surface area contributed by atoms with Crippen molar-refractivity contribution in [3.63, 3.8) is 0 Å². The average Bonchev–Trinajstić information content (AvgIpc) is 3.35. The molecule has 0 bridgehead atoms. The molecule has 194 valence electrons. The Labute approximate surface area is 223 Å². The van der Waals surface area contributed by atoms with E-state index in [-0.39, 0.29) is 11.8 Å². The largest absolute Gasteiger partial charge is 0.466 e. The van der Waals surface area contributed by atoms with Crippen LogP contribution in [0.4, 0.5) is 5.69 Å². The predicted octanol–water partition coefficient (Wildman–Crippen LogP) is 6.54. The summed E-state index contributed by atoms with van der Waals surface area (Å²) >= 11 is 0. The number of ether oxygens (including phenoxy) is 1. The van der Waals surface area contributed by atoms with E-state index >= 15 is 0 Å². The zero-order valence-electron chi connectivity index (χ0n) is 22.0. The minimum atomic E-state index is -0.409. The minimum Gasteiger partial charge on any atom is -0.466 e. The molecule has 1 fully saturated rings. The first-order chi connectivity index (χ1) is 18.5. The third kappa shape index (κ3) is 5.70. The zero-order valence-corrected chi connectivity index (χ0v) is 22.0. The van der Waals surface area contributed by atoms with Crippen molar-refractivity contribution >= 4 is 34.7 Å². The van der Waals surface area contributed by atoms with Crippen molar-refractivity contribution in [3.8, 4) is 11.1 Å². The van der Waals surface area contributed by atoms with Crippen molar-refractivity contribution in [2.75, 3.05) is 12.0 Å². The van der Waals surface area contributed by atoms with Crippen LogP contribution in [0.15, 0.2) is 79.1 Å². The lowest BCUT2D eigenvalue weighted by atomic mass is 9.88. The fourth-order valence-electron chi connectivity index (χ4n) is 5.20. The third-order valence-electron chi connectivity index (χ3n) is 7.37. The fraction of sp³-hybridized carbons (Fsp3) is 0.281. The van der Waals surface area contributed by atoms with Crippen LogP contribution in [0.1, 0.15) is 43.2 Å². The fourth-order valence-corrected chi connectivity index (χ4v) is 5.20. The van der Waals surface area contributed by atoms with Crippen molar-refractivity contribution in [3.05, 3.63) is 90.3 Å². The number of amides is 1. The van der Waals surface area contributed by atoms with Gasteiger partial charge in [0.15, 0.2) is 0 Å². The Morgan fingerprint density at radius 1 is 1.00 bits per heavy atom. The molecule has 6 nitrogen and oxygen atoms in total. The van der Waals surface area contributed by atoms with Crippen LogP contribution in [-0.2, 0) is 27.9 Å². The van der Waals surface area contributed by atoms with Crippen molar-refractivity contribution in [2.24, 2.45) is 13.0 Å². The number of rotatable bonds is 7. The second kappa shape index (κ2) is 11.5. The second-order valence-electron chi connectivity index (χ2n) is 9.97. The van der Waals surface area contributed by atoms with E-state index in [0.717, 1.165) is 64.7 Å². The molecule has 0 aliphatic heterocycles. The molecule has 1 aliphatic carbocycles. The van der Waals surface area contributed by atoms with Gasteiger partial charge in [-0.3, -0.25) is 4.79 Å². The van der Waals surface area contributed by atoms with E-state index < -0.39 is 5.97 Å². The topological polar surface area (TPSA) is 64.4 Å². The number of nitrogens with zero attached hydrogens (tertiary/aromatic N) is 3.